The van der Waals surface area contributed by atoms with Gasteiger partial charge in [0, 0.05) is 29.9 Å². The van der Waals surface area contributed by atoms with Crippen LogP contribution in [0.4, 0.5) is 20.4 Å². The smallest absolute Gasteiger partial charge is 0.212 e. The number of hydrogen-bond donors (Lipinski definition) is 2. The van der Waals surface area contributed by atoms with Gasteiger partial charge in [0.25, 0.3) is 0 Å². The molecule has 0 saturated heterocycles. The Morgan fingerprint density at radius 3 is 2.43 bits per heavy atom. The minimum absolute atomic E-state index is 0.239. The standard InChI is InChI=1S/C16H18FN5.C13H20FN/c1-10(2)12-9-20-22-15(7-14(18)21-16(12)22)19-8-11-5-3-4-6-13(11)17;1-2-3-4-5-6-7-8-12-9-10-13(14)15-11-12/h3-7,9-10,19H,8H2,1-2H3,(H2,18,21);9-11H,2-8H2,1H3. The molecule has 0 saturated carbocycles. The lowest BCUT2D eigenvalue weighted by atomic mass is 10.1. The Morgan fingerprint density at radius 2 is 1.73 bits per heavy atom. The number of aryl methyl sites for hydroxylation is 1. The Morgan fingerprint density at radius 1 is 0.973 bits per heavy atom. The van der Waals surface area contributed by atoms with Crippen LogP contribution < -0.4 is 11.1 Å². The lowest BCUT2D eigenvalue weighted by molar-refractivity contribution is 0.579. The van der Waals surface area contributed by atoms with E-state index in [2.05, 4.69) is 41.2 Å². The highest BCUT2D eigenvalue weighted by Crippen LogP contribution is 2.23. The number of nitrogens with zero attached hydrogens (tertiary/aromatic N) is 4. The van der Waals surface area contributed by atoms with Crippen LogP contribution in [0.5, 0.6) is 0 Å². The van der Waals surface area contributed by atoms with E-state index < -0.39 is 0 Å². The summed E-state index contributed by atoms with van der Waals surface area (Å²) in [4.78, 5) is 8.00. The Hall–Kier alpha value is -3.55. The molecule has 0 atom stereocenters. The van der Waals surface area contributed by atoms with Crippen molar-refractivity contribution in [2.24, 2.45) is 0 Å². The predicted octanol–water partition coefficient (Wildman–Crippen LogP) is 7.31. The molecule has 3 N–H and O–H groups in total. The first-order chi connectivity index (χ1) is 17.9. The minimum Gasteiger partial charge on any atom is -0.384 e. The fourth-order valence-electron chi connectivity index (χ4n) is 4.02. The summed E-state index contributed by atoms with van der Waals surface area (Å²) in [6.45, 7) is 6.73. The van der Waals surface area contributed by atoms with Gasteiger partial charge in [-0.2, -0.15) is 14.0 Å². The van der Waals surface area contributed by atoms with Crippen LogP contribution in [0, 0.1) is 11.8 Å². The summed E-state index contributed by atoms with van der Waals surface area (Å²) < 4.78 is 27.9. The Balaban J connectivity index is 0.000000222. The average molecular weight is 509 g/mol. The Labute approximate surface area is 218 Å². The molecule has 0 aliphatic carbocycles. The number of nitrogen functional groups attached to an aromatic ring is 1. The monoisotopic (exact) mass is 508 g/mol. The zero-order chi connectivity index (χ0) is 26.6. The van der Waals surface area contributed by atoms with Gasteiger partial charge in [0.05, 0.1) is 6.20 Å². The number of halogens is 2. The van der Waals surface area contributed by atoms with Crippen LogP contribution in [0.1, 0.15) is 81.9 Å². The maximum absolute atomic E-state index is 13.7. The summed E-state index contributed by atoms with van der Waals surface area (Å²) in [5.41, 5.74) is 9.37. The van der Waals surface area contributed by atoms with E-state index in [9.17, 15) is 8.78 Å². The lowest BCUT2D eigenvalue weighted by Gasteiger charge is -2.10. The number of hydrogen-bond acceptors (Lipinski definition) is 5. The molecular formula is C29H38F2N6. The van der Waals surface area contributed by atoms with Crippen LogP contribution in [0.25, 0.3) is 5.65 Å². The summed E-state index contributed by atoms with van der Waals surface area (Å²) in [6.07, 6.45) is 12.2. The second-order valence-electron chi connectivity index (χ2n) is 9.51. The summed E-state index contributed by atoms with van der Waals surface area (Å²) in [6, 6.07) is 11.6. The normalized spacial score (nSPS) is 11.0. The predicted molar refractivity (Wildman–Crippen MR) is 146 cm³/mol. The molecule has 6 nitrogen and oxygen atoms in total. The summed E-state index contributed by atoms with van der Waals surface area (Å²) in [5, 5.41) is 7.54. The quantitative estimate of drug-likeness (QED) is 0.164. The van der Waals surface area contributed by atoms with Crippen molar-refractivity contribution in [1.29, 1.82) is 0 Å². The lowest BCUT2D eigenvalue weighted by Crippen LogP contribution is -2.08. The molecule has 4 rings (SSSR count). The fourth-order valence-corrected chi connectivity index (χ4v) is 4.02. The summed E-state index contributed by atoms with van der Waals surface area (Å²) in [7, 11) is 0. The number of pyridine rings is 1. The van der Waals surface area contributed by atoms with Crippen molar-refractivity contribution >= 4 is 17.3 Å². The number of benzene rings is 1. The van der Waals surface area contributed by atoms with Crippen LogP contribution in [-0.4, -0.2) is 19.6 Å². The van der Waals surface area contributed by atoms with Gasteiger partial charge in [-0.05, 0) is 36.5 Å². The van der Waals surface area contributed by atoms with Gasteiger partial charge in [0.2, 0.25) is 5.95 Å². The number of anilines is 2. The number of aromatic nitrogens is 4. The van der Waals surface area contributed by atoms with Gasteiger partial charge in [-0.3, -0.25) is 0 Å². The van der Waals surface area contributed by atoms with Crippen LogP contribution in [-0.2, 0) is 13.0 Å². The van der Waals surface area contributed by atoms with Crippen molar-refractivity contribution in [3.63, 3.8) is 0 Å². The van der Waals surface area contributed by atoms with Crippen molar-refractivity contribution in [2.45, 2.75) is 78.2 Å². The zero-order valence-corrected chi connectivity index (χ0v) is 22.1. The van der Waals surface area contributed by atoms with E-state index >= 15 is 0 Å². The molecule has 0 spiro atoms. The second-order valence-corrected chi connectivity index (χ2v) is 9.51. The molecule has 3 heterocycles. The molecule has 0 aliphatic heterocycles. The minimum atomic E-state index is -0.387. The number of unbranched alkanes of at least 4 members (excludes halogenated alkanes) is 5. The van der Waals surface area contributed by atoms with E-state index in [-0.39, 0.29) is 11.8 Å². The Kier molecular flexibility index (Phi) is 10.8. The van der Waals surface area contributed by atoms with Gasteiger partial charge in [0.1, 0.15) is 17.5 Å². The van der Waals surface area contributed by atoms with Crippen LogP contribution >= 0.6 is 0 Å². The van der Waals surface area contributed by atoms with Crippen molar-refractivity contribution < 1.29 is 8.78 Å². The van der Waals surface area contributed by atoms with Gasteiger partial charge in [-0.15, -0.1) is 0 Å². The number of fused-ring (bicyclic) bond motifs is 1. The molecule has 0 bridgehead atoms. The van der Waals surface area contributed by atoms with Crippen molar-refractivity contribution in [3.8, 4) is 0 Å². The maximum Gasteiger partial charge on any atom is 0.212 e. The highest BCUT2D eigenvalue weighted by Gasteiger charge is 2.13. The number of nitrogens with one attached hydrogen (secondary N) is 1. The van der Waals surface area contributed by atoms with E-state index in [0.29, 0.717) is 29.7 Å². The fraction of sp³-hybridized carbons (Fsp3) is 0.414. The summed E-state index contributed by atoms with van der Waals surface area (Å²) >= 11 is 0. The highest BCUT2D eigenvalue weighted by molar-refractivity contribution is 5.59. The third-order valence-electron chi connectivity index (χ3n) is 6.17. The van der Waals surface area contributed by atoms with E-state index in [4.69, 9.17) is 5.73 Å². The van der Waals surface area contributed by atoms with Gasteiger partial charge in [-0.25, -0.2) is 14.4 Å². The van der Waals surface area contributed by atoms with Crippen molar-refractivity contribution in [1.82, 2.24) is 19.6 Å². The molecule has 0 amide bonds. The largest absolute Gasteiger partial charge is 0.384 e. The van der Waals surface area contributed by atoms with Gasteiger partial charge in [0.15, 0.2) is 5.65 Å². The molecule has 1 aromatic carbocycles. The Bertz CT molecular complexity index is 1240. The maximum atomic E-state index is 13.7. The second kappa shape index (κ2) is 14.3. The number of nitrogens with two attached hydrogens (primary N) is 1. The molecule has 37 heavy (non-hydrogen) atoms. The topological polar surface area (TPSA) is 81.1 Å². The third-order valence-corrected chi connectivity index (χ3v) is 6.17. The average Bonchev–Trinajstić information content (AvgIpc) is 3.31. The van der Waals surface area contributed by atoms with E-state index in [1.54, 1.807) is 41.2 Å². The first-order valence-corrected chi connectivity index (χ1v) is 13.1. The van der Waals surface area contributed by atoms with Crippen molar-refractivity contribution in [3.05, 3.63) is 83.3 Å². The molecule has 3 aromatic heterocycles. The first-order valence-electron chi connectivity index (χ1n) is 13.1. The third kappa shape index (κ3) is 8.51. The van der Waals surface area contributed by atoms with Crippen LogP contribution in [0.3, 0.4) is 0 Å². The van der Waals surface area contributed by atoms with Gasteiger partial charge < -0.3 is 11.1 Å². The van der Waals surface area contributed by atoms with Crippen LogP contribution in [0.15, 0.2) is 54.9 Å². The van der Waals surface area contributed by atoms with Crippen molar-refractivity contribution in [2.75, 3.05) is 11.1 Å². The van der Waals surface area contributed by atoms with Gasteiger partial charge >= 0.3 is 0 Å². The zero-order valence-electron chi connectivity index (χ0n) is 22.1. The van der Waals surface area contributed by atoms with Gasteiger partial charge in [-0.1, -0.05) is 77.1 Å². The SMILES string of the molecule is CC(C)c1cnn2c(NCc3ccccc3F)cc(N)nc12.CCCCCCCCc1ccc(F)nc1. The highest BCUT2D eigenvalue weighted by atomic mass is 19.1. The van der Waals surface area contributed by atoms with E-state index in [1.165, 1.54) is 50.7 Å². The molecular weight excluding hydrogens is 470 g/mol. The molecule has 198 valence electrons. The molecule has 0 aliphatic rings. The molecule has 8 heteroatoms. The van der Waals surface area contributed by atoms with E-state index in [1.807, 2.05) is 6.07 Å². The molecule has 0 unspecified atom stereocenters. The first kappa shape index (κ1) is 28.0. The van der Waals surface area contributed by atoms with Crippen LogP contribution in [0.2, 0.25) is 0 Å². The molecule has 0 radical (unpaired) electrons. The number of rotatable bonds is 11. The summed E-state index contributed by atoms with van der Waals surface area (Å²) in [5.74, 6) is 0.771. The van der Waals surface area contributed by atoms with E-state index in [0.717, 1.165) is 23.2 Å². The molecule has 4 aromatic rings. The molecule has 0 fully saturated rings.